The molecule has 0 aliphatic heterocycles. The molecule has 0 fully saturated rings. The Morgan fingerprint density at radius 3 is 2.00 bits per heavy atom. The van der Waals surface area contributed by atoms with E-state index in [1.165, 1.54) is 33.5 Å². The molecule has 0 radical (unpaired) electrons. The van der Waals surface area contributed by atoms with Crippen LogP contribution in [0.15, 0.2) is 30.3 Å². The molecule has 0 saturated carbocycles. The summed E-state index contributed by atoms with van der Waals surface area (Å²) in [5, 5.41) is 5.39. The molecule has 2 amide bonds. The normalized spacial score (nSPS) is 10.2. The number of hydrogen-bond acceptors (Lipinski definition) is 7. The van der Waals surface area contributed by atoms with E-state index >= 15 is 0 Å². The van der Waals surface area contributed by atoms with Gasteiger partial charge in [0.2, 0.25) is 11.7 Å². The first-order chi connectivity index (χ1) is 16.0. The maximum Gasteiger partial charge on any atom is 0.251 e. The lowest BCUT2D eigenvalue weighted by atomic mass is 10.1. The number of benzene rings is 2. The SMILES string of the molecule is CCOc1ccc(CCNC(=O)CNC(=O)c2cc(OC)c(OC)c(OC)c2)cc1OCC. The van der Waals surface area contributed by atoms with Crippen molar-refractivity contribution in [3.63, 3.8) is 0 Å². The lowest BCUT2D eigenvalue weighted by molar-refractivity contribution is -0.120. The van der Waals surface area contributed by atoms with Gasteiger partial charge in [-0.3, -0.25) is 9.59 Å². The molecule has 9 nitrogen and oxygen atoms in total. The Morgan fingerprint density at radius 1 is 0.788 bits per heavy atom. The summed E-state index contributed by atoms with van der Waals surface area (Å²) in [7, 11) is 4.41. The molecule has 0 unspecified atom stereocenters. The van der Waals surface area contributed by atoms with Gasteiger partial charge in [-0.05, 0) is 50.1 Å². The standard InChI is InChI=1S/C24H32N2O7/c1-6-32-18-9-8-16(12-19(18)33-7-2)10-11-25-22(27)15-26-24(28)17-13-20(29-3)23(31-5)21(14-17)30-4/h8-9,12-14H,6-7,10-11,15H2,1-5H3,(H,25,27)(H,26,28). The van der Waals surface area contributed by atoms with Gasteiger partial charge in [0, 0.05) is 12.1 Å². The van der Waals surface area contributed by atoms with E-state index < -0.39 is 5.91 Å². The van der Waals surface area contributed by atoms with Gasteiger partial charge in [0.25, 0.3) is 5.91 Å². The monoisotopic (exact) mass is 460 g/mol. The van der Waals surface area contributed by atoms with E-state index in [0.29, 0.717) is 54.9 Å². The number of carbonyl (C=O) groups excluding carboxylic acids is 2. The highest BCUT2D eigenvalue weighted by molar-refractivity contribution is 5.97. The van der Waals surface area contributed by atoms with Crippen LogP contribution in [0, 0.1) is 0 Å². The largest absolute Gasteiger partial charge is 0.493 e. The van der Waals surface area contributed by atoms with Crippen molar-refractivity contribution in [1.29, 1.82) is 0 Å². The quantitative estimate of drug-likeness (QED) is 0.473. The first-order valence-electron chi connectivity index (χ1n) is 10.7. The predicted octanol–water partition coefficient (Wildman–Crippen LogP) is 2.60. The van der Waals surface area contributed by atoms with E-state index in [9.17, 15) is 9.59 Å². The van der Waals surface area contributed by atoms with E-state index in [-0.39, 0.29) is 18.0 Å². The summed E-state index contributed by atoms with van der Waals surface area (Å²) < 4.78 is 26.9. The Bertz CT molecular complexity index is 921. The second-order valence-electron chi connectivity index (χ2n) is 6.84. The summed E-state index contributed by atoms with van der Waals surface area (Å²) in [6.07, 6.45) is 0.610. The molecule has 0 atom stereocenters. The minimum atomic E-state index is -0.433. The average Bonchev–Trinajstić information content (AvgIpc) is 2.83. The summed E-state index contributed by atoms with van der Waals surface area (Å²) in [6.45, 7) is 5.17. The van der Waals surface area contributed by atoms with Crippen molar-refractivity contribution in [3.8, 4) is 28.7 Å². The highest BCUT2D eigenvalue weighted by Crippen LogP contribution is 2.38. The fraction of sp³-hybridized carbons (Fsp3) is 0.417. The molecule has 33 heavy (non-hydrogen) atoms. The lowest BCUT2D eigenvalue weighted by Crippen LogP contribution is -2.37. The summed E-state index contributed by atoms with van der Waals surface area (Å²) in [5.41, 5.74) is 1.29. The van der Waals surface area contributed by atoms with Crippen LogP contribution in [0.1, 0.15) is 29.8 Å². The van der Waals surface area contributed by atoms with Crippen molar-refractivity contribution < 1.29 is 33.3 Å². The fourth-order valence-corrected chi connectivity index (χ4v) is 3.13. The van der Waals surface area contributed by atoms with Crippen LogP contribution in [0.25, 0.3) is 0 Å². The zero-order chi connectivity index (χ0) is 24.2. The van der Waals surface area contributed by atoms with Crippen LogP contribution in [0.3, 0.4) is 0 Å². The maximum atomic E-state index is 12.5. The summed E-state index contributed by atoms with van der Waals surface area (Å²) >= 11 is 0. The van der Waals surface area contributed by atoms with Crippen LogP contribution in [-0.4, -0.2) is 59.4 Å². The molecule has 0 aliphatic carbocycles. The Hall–Kier alpha value is -3.62. The molecule has 180 valence electrons. The van der Waals surface area contributed by atoms with Gasteiger partial charge in [0.15, 0.2) is 23.0 Å². The minimum Gasteiger partial charge on any atom is -0.493 e. The number of carbonyl (C=O) groups is 2. The van der Waals surface area contributed by atoms with Gasteiger partial charge in [-0.2, -0.15) is 0 Å². The number of ether oxygens (including phenoxy) is 5. The fourth-order valence-electron chi connectivity index (χ4n) is 3.13. The lowest BCUT2D eigenvalue weighted by Gasteiger charge is -2.14. The third kappa shape index (κ3) is 7.20. The molecule has 2 aromatic carbocycles. The van der Waals surface area contributed by atoms with Crippen LogP contribution < -0.4 is 34.3 Å². The van der Waals surface area contributed by atoms with Gasteiger partial charge in [0.05, 0.1) is 41.1 Å². The maximum absolute atomic E-state index is 12.5. The molecule has 2 rings (SSSR count). The number of hydrogen-bond donors (Lipinski definition) is 2. The first kappa shape index (κ1) is 25.6. The van der Waals surface area contributed by atoms with Gasteiger partial charge < -0.3 is 34.3 Å². The molecule has 9 heteroatoms. The zero-order valence-corrected chi connectivity index (χ0v) is 19.8. The molecular weight excluding hydrogens is 428 g/mol. The number of nitrogens with one attached hydrogen (secondary N) is 2. The van der Waals surface area contributed by atoms with Gasteiger partial charge in [0.1, 0.15) is 0 Å². The van der Waals surface area contributed by atoms with Crippen LogP contribution >= 0.6 is 0 Å². The molecule has 2 aromatic rings. The molecular formula is C24H32N2O7. The van der Waals surface area contributed by atoms with E-state index in [2.05, 4.69) is 10.6 Å². The van der Waals surface area contributed by atoms with E-state index in [1.807, 2.05) is 32.0 Å². The highest BCUT2D eigenvalue weighted by atomic mass is 16.5. The van der Waals surface area contributed by atoms with Crippen molar-refractivity contribution in [2.75, 3.05) is 47.6 Å². The van der Waals surface area contributed by atoms with Crippen LogP contribution in [0.5, 0.6) is 28.7 Å². The van der Waals surface area contributed by atoms with Gasteiger partial charge in [-0.1, -0.05) is 6.07 Å². The summed E-state index contributed by atoms with van der Waals surface area (Å²) in [6, 6.07) is 8.76. The molecule has 0 saturated heterocycles. The molecule has 0 aliphatic rings. The second kappa shape index (κ2) is 13.0. The Kier molecular flexibility index (Phi) is 10.1. The predicted molar refractivity (Wildman–Crippen MR) is 124 cm³/mol. The van der Waals surface area contributed by atoms with Crippen molar-refractivity contribution in [3.05, 3.63) is 41.5 Å². The van der Waals surface area contributed by atoms with E-state index in [0.717, 1.165) is 5.56 Å². The molecule has 0 bridgehead atoms. The van der Waals surface area contributed by atoms with Crippen LogP contribution in [0.2, 0.25) is 0 Å². The molecule has 0 aromatic heterocycles. The van der Waals surface area contributed by atoms with Crippen molar-refractivity contribution >= 4 is 11.8 Å². The second-order valence-corrected chi connectivity index (χ2v) is 6.84. The first-order valence-corrected chi connectivity index (χ1v) is 10.7. The Balaban J connectivity index is 1.88. The third-order valence-electron chi connectivity index (χ3n) is 4.68. The topological polar surface area (TPSA) is 104 Å². The van der Waals surface area contributed by atoms with E-state index in [1.54, 1.807) is 0 Å². The number of methoxy groups -OCH3 is 3. The molecule has 2 N–H and O–H groups in total. The third-order valence-corrected chi connectivity index (χ3v) is 4.68. The number of rotatable bonds is 13. The summed E-state index contributed by atoms with van der Waals surface area (Å²) in [4.78, 5) is 24.7. The zero-order valence-electron chi connectivity index (χ0n) is 19.8. The van der Waals surface area contributed by atoms with Gasteiger partial charge >= 0.3 is 0 Å². The minimum absolute atomic E-state index is 0.164. The summed E-state index contributed by atoms with van der Waals surface area (Å²) in [5.74, 6) is 1.74. The smallest absolute Gasteiger partial charge is 0.251 e. The van der Waals surface area contributed by atoms with Crippen molar-refractivity contribution in [1.82, 2.24) is 10.6 Å². The van der Waals surface area contributed by atoms with Crippen molar-refractivity contribution in [2.45, 2.75) is 20.3 Å². The Morgan fingerprint density at radius 2 is 1.42 bits per heavy atom. The molecule has 0 heterocycles. The molecule has 0 spiro atoms. The van der Waals surface area contributed by atoms with Crippen LogP contribution in [0.4, 0.5) is 0 Å². The van der Waals surface area contributed by atoms with Gasteiger partial charge in [-0.25, -0.2) is 0 Å². The van der Waals surface area contributed by atoms with E-state index in [4.69, 9.17) is 23.7 Å². The van der Waals surface area contributed by atoms with Crippen LogP contribution in [-0.2, 0) is 11.2 Å². The average molecular weight is 461 g/mol. The Labute approximate surface area is 194 Å². The van der Waals surface area contributed by atoms with Crippen molar-refractivity contribution in [2.24, 2.45) is 0 Å². The highest BCUT2D eigenvalue weighted by Gasteiger charge is 2.17. The number of amides is 2. The van der Waals surface area contributed by atoms with Gasteiger partial charge in [-0.15, -0.1) is 0 Å².